The molecule has 0 aliphatic heterocycles. The Morgan fingerprint density at radius 2 is 1.74 bits per heavy atom. The van der Waals surface area contributed by atoms with Gasteiger partial charge in [0.15, 0.2) is 5.69 Å². The molecule has 0 saturated heterocycles. The zero-order valence-electron chi connectivity index (χ0n) is 19.1. The van der Waals surface area contributed by atoms with Gasteiger partial charge in [-0.05, 0) is 58.1 Å². The molecule has 0 bridgehead atoms. The summed E-state index contributed by atoms with van der Waals surface area (Å²) in [6, 6.07) is 26.2. The van der Waals surface area contributed by atoms with Crippen LogP contribution >= 0.6 is 0 Å². The summed E-state index contributed by atoms with van der Waals surface area (Å²) in [7, 11) is 0. The van der Waals surface area contributed by atoms with Crippen LogP contribution in [0.4, 0.5) is 5.69 Å². The van der Waals surface area contributed by atoms with Crippen molar-refractivity contribution in [2.75, 3.05) is 6.61 Å². The fourth-order valence-corrected chi connectivity index (χ4v) is 3.76. The molecule has 6 nitrogen and oxygen atoms in total. The van der Waals surface area contributed by atoms with Gasteiger partial charge in [0.25, 0.3) is 0 Å². The summed E-state index contributed by atoms with van der Waals surface area (Å²) in [5, 5.41) is 22.0. The SMILES string of the molecule is [C-]#[N+]c1cccc(OCc2ccc(CCC(=O)O)c(OCC(O)c3ccc4ccccc4c3)c2)c1. The van der Waals surface area contributed by atoms with Crippen molar-refractivity contribution in [3.8, 4) is 11.5 Å². The van der Waals surface area contributed by atoms with Crippen LogP contribution in [0, 0.1) is 6.57 Å². The predicted octanol–water partition coefficient (Wildman–Crippen LogP) is 6.10. The number of carbonyl (C=O) groups is 1. The van der Waals surface area contributed by atoms with Crippen LogP contribution in [0.3, 0.4) is 0 Å². The van der Waals surface area contributed by atoms with E-state index in [9.17, 15) is 9.90 Å². The molecule has 35 heavy (non-hydrogen) atoms. The minimum Gasteiger partial charge on any atom is -0.490 e. The van der Waals surface area contributed by atoms with E-state index < -0.39 is 12.1 Å². The molecule has 0 saturated carbocycles. The molecule has 0 heterocycles. The highest BCUT2D eigenvalue weighted by atomic mass is 16.5. The van der Waals surface area contributed by atoms with Crippen molar-refractivity contribution in [2.24, 2.45) is 0 Å². The van der Waals surface area contributed by atoms with Crippen molar-refractivity contribution >= 4 is 22.4 Å². The number of ether oxygens (including phenoxy) is 2. The highest BCUT2D eigenvalue weighted by Crippen LogP contribution is 2.27. The van der Waals surface area contributed by atoms with E-state index in [0.29, 0.717) is 23.6 Å². The Bertz CT molecular complexity index is 1380. The molecular formula is C29H25NO5. The Hall–Kier alpha value is -4.34. The number of carboxylic acids is 1. The summed E-state index contributed by atoms with van der Waals surface area (Å²) in [5.41, 5.74) is 2.82. The van der Waals surface area contributed by atoms with Gasteiger partial charge < -0.3 is 19.7 Å². The summed E-state index contributed by atoms with van der Waals surface area (Å²) in [4.78, 5) is 14.5. The van der Waals surface area contributed by atoms with E-state index in [1.165, 1.54) is 0 Å². The number of carboxylic acid groups (broad SMARTS) is 1. The van der Waals surface area contributed by atoms with Gasteiger partial charge in [0.05, 0.1) is 6.57 Å². The molecule has 0 spiro atoms. The second kappa shape index (κ2) is 11.2. The summed E-state index contributed by atoms with van der Waals surface area (Å²) in [6.07, 6.45) is -0.559. The van der Waals surface area contributed by atoms with Crippen LogP contribution in [0.25, 0.3) is 15.6 Å². The van der Waals surface area contributed by atoms with Crippen molar-refractivity contribution in [1.82, 2.24) is 0 Å². The molecule has 176 valence electrons. The molecule has 0 radical (unpaired) electrons. The number of benzene rings is 4. The summed E-state index contributed by atoms with van der Waals surface area (Å²) in [5.74, 6) is 0.212. The third-order valence-electron chi connectivity index (χ3n) is 5.65. The van der Waals surface area contributed by atoms with E-state index in [-0.39, 0.29) is 19.6 Å². The molecule has 1 unspecified atom stereocenters. The Labute approximate surface area is 203 Å². The molecule has 4 aromatic carbocycles. The average Bonchev–Trinajstić information content (AvgIpc) is 2.89. The second-order valence-corrected chi connectivity index (χ2v) is 8.17. The topological polar surface area (TPSA) is 80.4 Å². The smallest absolute Gasteiger partial charge is 0.303 e. The van der Waals surface area contributed by atoms with Gasteiger partial charge in [-0.15, -0.1) is 0 Å². The molecule has 4 aromatic rings. The van der Waals surface area contributed by atoms with Crippen LogP contribution in [0.5, 0.6) is 11.5 Å². The first-order valence-corrected chi connectivity index (χ1v) is 11.3. The third kappa shape index (κ3) is 6.38. The van der Waals surface area contributed by atoms with Crippen molar-refractivity contribution in [1.29, 1.82) is 0 Å². The van der Waals surface area contributed by atoms with E-state index in [0.717, 1.165) is 27.5 Å². The lowest BCUT2D eigenvalue weighted by Gasteiger charge is -2.17. The van der Waals surface area contributed by atoms with E-state index >= 15 is 0 Å². The molecule has 0 aliphatic carbocycles. The number of aliphatic hydroxyl groups excluding tert-OH is 1. The highest BCUT2D eigenvalue weighted by molar-refractivity contribution is 5.83. The first-order valence-electron chi connectivity index (χ1n) is 11.3. The molecule has 0 aliphatic rings. The van der Waals surface area contributed by atoms with Gasteiger partial charge in [-0.3, -0.25) is 4.79 Å². The normalized spacial score (nSPS) is 11.5. The Balaban J connectivity index is 1.48. The van der Waals surface area contributed by atoms with Crippen LogP contribution in [0.1, 0.15) is 29.2 Å². The van der Waals surface area contributed by atoms with Crippen LogP contribution < -0.4 is 9.47 Å². The van der Waals surface area contributed by atoms with E-state index in [1.807, 2.05) is 60.7 Å². The van der Waals surface area contributed by atoms with Crippen molar-refractivity contribution < 1.29 is 24.5 Å². The van der Waals surface area contributed by atoms with E-state index in [2.05, 4.69) is 4.85 Å². The molecule has 0 aromatic heterocycles. The number of aryl methyl sites for hydroxylation is 1. The zero-order valence-corrected chi connectivity index (χ0v) is 19.1. The summed E-state index contributed by atoms with van der Waals surface area (Å²) in [6.45, 7) is 7.41. The standard InChI is InChI=1S/C29H25NO5/c1-30-25-7-4-8-26(17-25)34-18-20-9-10-22(13-14-29(32)33)28(15-20)35-19-27(31)24-12-11-21-5-2-3-6-23(21)16-24/h2-12,15-17,27,31H,13-14,18-19H2,(H,32,33). The maximum Gasteiger partial charge on any atom is 0.303 e. The minimum absolute atomic E-state index is 0.0236. The average molecular weight is 468 g/mol. The van der Waals surface area contributed by atoms with Gasteiger partial charge in [-0.2, -0.15) is 0 Å². The monoisotopic (exact) mass is 467 g/mol. The van der Waals surface area contributed by atoms with Crippen molar-refractivity contribution in [3.63, 3.8) is 0 Å². The number of rotatable bonds is 10. The number of nitrogens with zero attached hydrogens (tertiary/aromatic N) is 1. The second-order valence-electron chi connectivity index (χ2n) is 8.17. The molecule has 4 rings (SSSR count). The van der Waals surface area contributed by atoms with Gasteiger partial charge in [0.1, 0.15) is 30.8 Å². The fourth-order valence-electron chi connectivity index (χ4n) is 3.76. The number of aliphatic carboxylic acids is 1. The molecule has 0 fully saturated rings. The Kier molecular flexibility index (Phi) is 7.61. The van der Waals surface area contributed by atoms with Crippen LogP contribution in [0.15, 0.2) is 84.9 Å². The largest absolute Gasteiger partial charge is 0.490 e. The fraction of sp³-hybridized carbons (Fsp3) is 0.172. The van der Waals surface area contributed by atoms with E-state index in [1.54, 1.807) is 24.3 Å². The van der Waals surface area contributed by atoms with Crippen molar-refractivity contribution in [2.45, 2.75) is 25.6 Å². The first kappa shape index (κ1) is 23.8. The number of hydrogen-bond acceptors (Lipinski definition) is 4. The van der Waals surface area contributed by atoms with Crippen molar-refractivity contribution in [3.05, 3.63) is 113 Å². The van der Waals surface area contributed by atoms with Gasteiger partial charge in [-0.25, -0.2) is 4.85 Å². The van der Waals surface area contributed by atoms with Gasteiger partial charge in [0.2, 0.25) is 0 Å². The van der Waals surface area contributed by atoms with Crippen LogP contribution in [-0.4, -0.2) is 22.8 Å². The highest BCUT2D eigenvalue weighted by Gasteiger charge is 2.13. The van der Waals surface area contributed by atoms with Gasteiger partial charge in [0, 0.05) is 6.42 Å². The van der Waals surface area contributed by atoms with Crippen LogP contribution in [0.2, 0.25) is 0 Å². The zero-order chi connectivity index (χ0) is 24.6. The molecule has 0 amide bonds. The van der Waals surface area contributed by atoms with Crippen LogP contribution in [-0.2, 0) is 17.8 Å². The first-order chi connectivity index (χ1) is 17.0. The molecule has 6 heteroatoms. The quantitative estimate of drug-likeness (QED) is 0.276. The number of fused-ring (bicyclic) bond motifs is 1. The number of aliphatic hydroxyl groups is 1. The van der Waals surface area contributed by atoms with E-state index in [4.69, 9.17) is 21.2 Å². The Morgan fingerprint density at radius 1 is 0.914 bits per heavy atom. The minimum atomic E-state index is -0.890. The molecule has 2 N–H and O–H groups in total. The number of hydrogen-bond donors (Lipinski definition) is 2. The molecule has 1 atom stereocenters. The molecular weight excluding hydrogens is 442 g/mol. The maximum atomic E-state index is 11.1. The summed E-state index contributed by atoms with van der Waals surface area (Å²) >= 11 is 0. The summed E-state index contributed by atoms with van der Waals surface area (Å²) < 4.78 is 11.8. The van der Waals surface area contributed by atoms with Gasteiger partial charge >= 0.3 is 5.97 Å². The lowest BCUT2D eigenvalue weighted by molar-refractivity contribution is -0.136. The Morgan fingerprint density at radius 3 is 2.54 bits per heavy atom. The lowest BCUT2D eigenvalue weighted by atomic mass is 10.0. The predicted molar refractivity (Wildman–Crippen MR) is 134 cm³/mol. The third-order valence-corrected chi connectivity index (χ3v) is 5.65. The lowest BCUT2D eigenvalue weighted by Crippen LogP contribution is -2.11. The van der Waals surface area contributed by atoms with Gasteiger partial charge in [-0.1, -0.05) is 60.7 Å². The maximum absolute atomic E-state index is 11.1.